The van der Waals surface area contributed by atoms with Gasteiger partial charge in [-0.25, -0.2) is 4.98 Å². The highest BCUT2D eigenvalue weighted by Crippen LogP contribution is 2.37. The number of anilines is 1. The summed E-state index contributed by atoms with van der Waals surface area (Å²) < 4.78 is 6.77. The fourth-order valence-electron chi connectivity index (χ4n) is 4.28. The quantitative estimate of drug-likeness (QED) is 0.634. The summed E-state index contributed by atoms with van der Waals surface area (Å²) in [5.41, 5.74) is 1.77. The maximum absolute atomic E-state index is 13.0. The first-order valence-corrected chi connectivity index (χ1v) is 11.2. The molecule has 2 aliphatic heterocycles. The number of thiazole rings is 1. The molecule has 3 heterocycles. The third-order valence-electron chi connectivity index (χ3n) is 5.75. The van der Waals surface area contributed by atoms with E-state index >= 15 is 0 Å². The largest absolute Gasteiger partial charge is 0.490 e. The first-order valence-electron chi connectivity index (χ1n) is 10.4. The average Bonchev–Trinajstić information content (AvgIpc) is 3.43. The minimum absolute atomic E-state index is 0.0223. The maximum Gasteiger partial charge on any atom is 0.227 e. The number of fused-ring (bicyclic) bond motifs is 2. The Bertz CT molecular complexity index is 1060. The number of hydrogen-bond donors (Lipinski definition) is 0. The Morgan fingerprint density at radius 1 is 1.03 bits per heavy atom. The number of amides is 2. The van der Waals surface area contributed by atoms with Crippen LogP contribution in [0.2, 0.25) is 0 Å². The zero-order chi connectivity index (χ0) is 20.5. The number of nitrogens with zero attached hydrogens (tertiary/aromatic N) is 3. The predicted molar refractivity (Wildman–Crippen MR) is 117 cm³/mol. The number of para-hydroxylation sites is 3. The van der Waals surface area contributed by atoms with E-state index in [1.807, 2.05) is 47.4 Å². The predicted octanol–water partition coefficient (Wildman–Crippen LogP) is 4.17. The lowest BCUT2D eigenvalue weighted by Gasteiger charge is -2.30. The van der Waals surface area contributed by atoms with E-state index in [2.05, 4.69) is 6.07 Å². The molecule has 1 unspecified atom stereocenters. The van der Waals surface area contributed by atoms with Crippen molar-refractivity contribution in [1.29, 1.82) is 0 Å². The molecule has 2 aliphatic rings. The highest BCUT2D eigenvalue weighted by Gasteiger charge is 2.33. The molecule has 30 heavy (non-hydrogen) atoms. The summed E-state index contributed by atoms with van der Waals surface area (Å²) in [6, 6.07) is 15.6. The van der Waals surface area contributed by atoms with Gasteiger partial charge < -0.3 is 14.5 Å². The second-order valence-corrected chi connectivity index (χ2v) is 8.69. The Labute approximate surface area is 179 Å². The fourth-order valence-corrected chi connectivity index (χ4v) is 5.39. The van der Waals surface area contributed by atoms with Crippen molar-refractivity contribution < 1.29 is 14.3 Å². The van der Waals surface area contributed by atoms with E-state index in [0.717, 1.165) is 46.0 Å². The van der Waals surface area contributed by atoms with Crippen molar-refractivity contribution in [2.24, 2.45) is 0 Å². The second kappa shape index (κ2) is 8.07. The van der Waals surface area contributed by atoms with E-state index in [-0.39, 0.29) is 30.7 Å². The van der Waals surface area contributed by atoms with E-state index in [4.69, 9.17) is 9.72 Å². The number of carbonyl (C=O) groups excluding carboxylic acids is 2. The van der Waals surface area contributed by atoms with Gasteiger partial charge in [-0.15, -0.1) is 11.3 Å². The van der Waals surface area contributed by atoms with Crippen molar-refractivity contribution in [3.63, 3.8) is 0 Å². The zero-order valence-electron chi connectivity index (χ0n) is 16.6. The van der Waals surface area contributed by atoms with Crippen molar-refractivity contribution in [3.05, 3.63) is 53.5 Å². The first-order chi connectivity index (χ1) is 14.7. The summed E-state index contributed by atoms with van der Waals surface area (Å²) in [5.74, 6) is 0.723. The SMILES string of the molecule is O=C(CCC(=O)N1CCCC1c1nc2ccccc2s1)N1CCOc2ccccc21. The molecule has 0 spiro atoms. The number of aromatic nitrogens is 1. The third kappa shape index (κ3) is 3.54. The summed E-state index contributed by atoms with van der Waals surface area (Å²) in [6.45, 7) is 1.72. The van der Waals surface area contributed by atoms with Crippen LogP contribution >= 0.6 is 11.3 Å². The van der Waals surface area contributed by atoms with Gasteiger partial charge in [-0.05, 0) is 37.1 Å². The van der Waals surface area contributed by atoms with E-state index in [0.29, 0.717) is 13.2 Å². The topological polar surface area (TPSA) is 62.7 Å². The van der Waals surface area contributed by atoms with Gasteiger partial charge in [-0.1, -0.05) is 24.3 Å². The average molecular weight is 422 g/mol. The first kappa shape index (κ1) is 19.1. The van der Waals surface area contributed by atoms with Crippen molar-refractivity contribution in [2.75, 3.05) is 24.6 Å². The van der Waals surface area contributed by atoms with E-state index in [1.54, 1.807) is 16.2 Å². The van der Waals surface area contributed by atoms with E-state index in [9.17, 15) is 9.59 Å². The maximum atomic E-state index is 13.0. The van der Waals surface area contributed by atoms with Gasteiger partial charge in [0.25, 0.3) is 0 Å². The Balaban J connectivity index is 1.25. The Morgan fingerprint density at radius 2 is 1.83 bits per heavy atom. The van der Waals surface area contributed by atoms with Crippen LogP contribution in [0.3, 0.4) is 0 Å². The Hall–Kier alpha value is -2.93. The van der Waals surface area contributed by atoms with Crippen LogP contribution in [0.25, 0.3) is 10.2 Å². The van der Waals surface area contributed by atoms with Crippen molar-refractivity contribution in [2.45, 2.75) is 31.7 Å². The van der Waals surface area contributed by atoms with Crippen LogP contribution in [0.15, 0.2) is 48.5 Å². The molecule has 7 heteroatoms. The highest BCUT2D eigenvalue weighted by molar-refractivity contribution is 7.18. The molecule has 5 rings (SSSR count). The lowest BCUT2D eigenvalue weighted by atomic mass is 10.2. The molecular weight excluding hydrogens is 398 g/mol. The Morgan fingerprint density at radius 3 is 2.73 bits per heavy atom. The van der Waals surface area contributed by atoms with Gasteiger partial charge in [0.15, 0.2) is 0 Å². The van der Waals surface area contributed by atoms with Gasteiger partial charge in [0.2, 0.25) is 11.8 Å². The second-order valence-electron chi connectivity index (χ2n) is 7.63. The van der Waals surface area contributed by atoms with Crippen LogP contribution in [0.1, 0.15) is 36.7 Å². The number of ether oxygens (including phenoxy) is 1. The molecule has 6 nitrogen and oxygen atoms in total. The van der Waals surface area contributed by atoms with Crippen molar-refractivity contribution >= 4 is 39.1 Å². The standard InChI is InChI=1S/C23H23N3O3S/c27-21(11-12-22(28)26-14-15-29-19-9-3-2-7-17(19)26)25-13-5-8-18(25)23-24-16-6-1-4-10-20(16)30-23/h1-4,6-7,9-10,18H,5,8,11-15H2. The number of rotatable bonds is 4. The van der Waals surface area contributed by atoms with E-state index < -0.39 is 0 Å². The van der Waals surface area contributed by atoms with Crippen LogP contribution in [0.5, 0.6) is 5.75 Å². The number of benzene rings is 2. The van der Waals surface area contributed by atoms with Crippen LogP contribution in [0, 0.1) is 0 Å². The molecule has 2 aromatic carbocycles. The molecule has 2 amide bonds. The normalized spacial score (nSPS) is 18.3. The van der Waals surface area contributed by atoms with Crippen molar-refractivity contribution in [3.8, 4) is 5.75 Å². The van der Waals surface area contributed by atoms with Gasteiger partial charge in [-0.3, -0.25) is 9.59 Å². The van der Waals surface area contributed by atoms with E-state index in [1.165, 1.54) is 0 Å². The molecule has 0 radical (unpaired) electrons. The van der Waals surface area contributed by atoms with Crippen LogP contribution in [-0.2, 0) is 9.59 Å². The van der Waals surface area contributed by atoms with Gasteiger partial charge in [0, 0.05) is 19.4 Å². The van der Waals surface area contributed by atoms with Gasteiger partial charge in [0.1, 0.15) is 17.4 Å². The smallest absolute Gasteiger partial charge is 0.227 e. The molecule has 0 N–H and O–H groups in total. The van der Waals surface area contributed by atoms with Crippen LogP contribution in [-0.4, -0.2) is 41.4 Å². The zero-order valence-corrected chi connectivity index (χ0v) is 17.4. The number of carbonyl (C=O) groups is 2. The number of likely N-dealkylation sites (tertiary alicyclic amines) is 1. The summed E-state index contributed by atoms with van der Waals surface area (Å²) in [7, 11) is 0. The van der Waals surface area contributed by atoms with Crippen molar-refractivity contribution in [1.82, 2.24) is 9.88 Å². The highest BCUT2D eigenvalue weighted by atomic mass is 32.1. The molecule has 0 saturated carbocycles. The summed E-state index contributed by atoms with van der Waals surface area (Å²) >= 11 is 1.66. The molecule has 1 atom stereocenters. The lowest BCUT2D eigenvalue weighted by Crippen LogP contribution is -2.39. The molecular formula is C23H23N3O3S. The summed E-state index contributed by atoms with van der Waals surface area (Å²) in [6.07, 6.45) is 2.32. The minimum Gasteiger partial charge on any atom is -0.490 e. The molecule has 0 bridgehead atoms. The van der Waals surface area contributed by atoms with Gasteiger partial charge >= 0.3 is 0 Å². The fraction of sp³-hybridized carbons (Fsp3) is 0.348. The summed E-state index contributed by atoms with van der Waals surface area (Å²) in [5, 5.41) is 0.996. The minimum atomic E-state index is -0.0326. The van der Waals surface area contributed by atoms with Crippen LogP contribution < -0.4 is 9.64 Å². The lowest BCUT2D eigenvalue weighted by molar-refractivity contribution is -0.134. The molecule has 154 valence electrons. The monoisotopic (exact) mass is 421 g/mol. The molecule has 1 saturated heterocycles. The summed E-state index contributed by atoms with van der Waals surface area (Å²) in [4.78, 5) is 34.2. The third-order valence-corrected chi connectivity index (χ3v) is 6.89. The molecule has 3 aromatic rings. The van der Waals surface area contributed by atoms with Gasteiger partial charge in [-0.2, -0.15) is 0 Å². The molecule has 0 aliphatic carbocycles. The molecule has 1 fully saturated rings. The van der Waals surface area contributed by atoms with Gasteiger partial charge in [0.05, 0.1) is 28.5 Å². The van der Waals surface area contributed by atoms with Crippen LogP contribution in [0.4, 0.5) is 5.69 Å². The number of hydrogen-bond acceptors (Lipinski definition) is 5. The molecule has 1 aromatic heterocycles. The Kier molecular flexibility index (Phi) is 5.12.